The Hall–Kier alpha value is -3.62. The number of ether oxygens (including phenoxy) is 1. The van der Waals surface area contributed by atoms with Crippen molar-refractivity contribution in [3.63, 3.8) is 0 Å². The molecular formula is C29H30F3NO8S2. The highest BCUT2D eigenvalue weighted by atomic mass is 32.2. The molecule has 43 heavy (non-hydrogen) atoms. The molecule has 0 radical (unpaired) electrons. The maximum atomic E-state index is 13.8. The summed E-state index contributed by atoms with van der Waals surface area (Å²) >= 11 is 0. The summed E-state index contributed by atoms with van der Waals surface area (Å²) in [7, 11) is -10.1. The first-order valence-corrected chi connectivity index (χ1v) is 16.1. The number of hydrogen-bond donors (Lipinski definition) is 1. The van der Waals surface area contributed by atoms with Crippen LogP contribution in [0.2, 0.25) is 0 Å². The molecule has 0 bridgehead atoms. The van der Waals surface area contributed by atoms with Crippen molar-refractivity contribution < 1.29 is 48.8 Å². The third-order valence-corrected chi connectivity index (χ3v) is 9.92. The fourth-order valence-corrected chi connectivity index (χ4v) is 6.88. The van der Waals surface area contributed by atoms with Crippen LogP contribution < -0.4 is 8.92 Å². The highest BCUT2D eigenvalue weighted by molar-refractivity contribution is 7.89. The summed E-state index contributed by atoms with van der Waals surface area (Å²) in [4.78, 5) is 11.3. The zero-order valence-corrected chi connectivity index (χ0v) is 24.9. The predicted octanol–water partition coefficient (Wildman–Crippen LogP) is 5.39. The molecule has 1 N–H and O–H groups in total. The van der Waals surface area contributed by atoms with E-state index < -0.39 is 43.5 Å². The second-order valence-corrected chi connectivity index (χ2v) is 13.6. The zero-order valence-electron chi connectivity index (χ0n) is 23.2. The minimum absolute atomic E-state index is 0.0669. The van der Waals surface area contributed by atoms with Crippen LogP contribution in [0.3, 0.4) is 0 Å². The number of benzene rings is 3. The van der Waals surface area contributed by atoms with Crippen LogP contribution in [0.5, 0.6) is 11.5 Å². The van der Waals surface area contributed by atoms with Crippen LogP contribution in [-0.4, -0.2) is 50.4 Å². The van der Waals surface area contributed by atoms with Gasteiger partial charge in [-0.3, -0.25) is 0 Å². The number of fused-ring (bicyclic) bond motifs is 1. The summed E-state index contributed by atoms with van der Waals surface area (Å²) in [5.41, 5.74) is -3.23. The van der Waals surface area contributed by atoms with Crippen LogP contribution in [0.25, 0.3) is 0 Å². The molecule has 0 saturated heterocycles. The Morgan fingerprint density at radius 2 is 1.74 bits per heavy atom. The molecule has 0 aliphatic carbocycles. The molecule has 0 amide bonds. The second-order valence-electron chi connectivity index (χ2n) is 10.1. The molecule has 1 heterocycles. The van der Waals surface area contributed by atoms with Gasteiger partial charge in [0.15, 0.2) is 6.10 Å². The Labute approximate surface area is 248 Å². The molecule has 2 unspecified atom stereocenters. The second kappa shape index (κ2) is 12.5. The fourth-order valence-electron chi connectivity index (χ4n) is 4.88. The molecule has 0 spiro atoms. The number of carboxylic acid groups (broad SMARTS) is 1. The minimum Gasteiger partial charge on any atom is -0.479 e. The van der Waals surface area contributed by atoms with Gasteiger partial charge in [-0.05, 0) is 84.7 Å². The van der Waals surface area contributed by atoms with Gasteiger partial charge in [-0.2, -0.15) is 25.9 Å². The van der Waals surface area contributed by atoms with Gasteiger partial charge in [0.25, 0.3) is 0 Å². The lowest BCUT2D eigenvalue weighted by Gasteiger charge is -2.34. The van der Waals surface area contributed by atoms with Crippen LogP contribution >= 0.6 is 0 Å². The van der Waals surface area contributed by atoms with Gasteiger partial charge in [0.05, 0.1) is 4.90 Å². The third-order valence-electron chi connectivity index (χ3n) is 7.14. The summed E-state index contributed by atoms with van der Waals surface area (Å²) in [5, 5.41) is 9.30. The number of aryl methyl sites for hydroxylation is 2. The summed E-state index contributed by atoms with van der Waals surface area (Å²) < 4.78 is 101. The lowest BCUT2D eigenvalue weighted by atomic mass is 9.86. The Morgan fingerprint density at radius 3 is 2.35 bits per heavy atom. The van der Waals surface area contributed by atoms with E-state index in [1.807, 2.05) is 30.3 Å². The average molecular weight is 642 g/mol. The summed E-state index contributed by atoms with van der Waals surface area (Å²) in [6.07, 6.45) is 0.182. The maximum absolute atomic E-state index is 13.8. The van der Waals surface area contributed by atoms with Gasteiger partial charge in [0.1, 0.15) is 11.5 Å². The van der Waals surface area contributed by atoms with Crippen LogP contribution in [0.1, 0.15) is 47.9 Å². The number of nitrogens with zero attached hydrogens (tertiary/aromatic N) is 1. The SMILES string of the molecule is CCC(Oc1ccc(S(=O)(=O)N2Cc3cc(OS(=O)(=O)C(F)(F)F)ccc3C(CCc3ccccc3)C2)cc1C)C(=O)O. The van der Waals surface area contributed by atoms with Gasteiger partial charge in [0, 0.05) is 13.1 Å². The van der Waals surface area contributed by atoms with Crippen molar-refractivity contribution in [3.8, 4) is 11.5 Å². The monoisotopic (exact) mass is 641 g/mol. The molecule has 1 aliphatic heterocycles. The lowest BCUT2D eigenvalue weighted by molar-refractivity contribution is -0.145. The number of halogens is 3. The number of alkyl halides is 3. The highest BCUT2D eigenvalue weighted by Crippen LogP contribution is 2.38. The Balaban J connectivity index is 1.67. The maximum Gasteiger partial charge on any atom is 0.534 e. The molecule has 0 aromatic heterocycles. The third kappa shape index (κ3) is 7.31. The number of carbonyl (C=O) groups is 1. The highest BCUT2D eigenvalue weighted by Gasteiger charge is 2.48. The summed E-state index contributed by atoms with van der Waals surface area (Å²) in [6.45, 7) is 3.06. The first-order chi connectivity index (χ1) is 20.1. The summed E-state index contributed by atoms with van der Waals surface area (Å²) in [5.74, 6) is -1.89. The molecule has 14 heteroatoms. The van der Waals surface area contributed by atoms with Gasteiger partial charge in [-0.15, -0.1) is 0 Å². The standard InChI is InChI=1S/C29H30F3NO8S2/c1-3-26(28(34)35)40-27-14-12-24(15-19(27)2)42(36,37)33-17-21(10-9-20-7-5-4-6-8-20)25-13-11-23(16-22(25)18-33)41-43(38,39)29(30,31)32/h4-8,11-16,21,26H,3,9-10,17-18H2,1-2H3,(H,34,35). The number of carboxylic acids is 1. The first kappa shape index (κ1) is 32.3. The van der Waals surface area contributed by atoms with E-state index in [1.165, 1.54) is 28.6 Å². The van der Waals surface area contributed by atoms with E-state index in [-0.39, 0.29) is 36.1 Å². The van der Waals surface area contributed by atoms with Gasteiger partial charge >= 0.3 is 21.6 Å². The molecule has 1 aliphatic rings. The molecule has 0 fully saturated rings. The molecule has 4 rings (SSSR count). The molecule has 0 saturated carbocycles. The van der Waals surface area contributed by atoms with Gasteiger partial charge < -0.3 is 14.0 Å². The van der Waals surface area contributed by atoms with Gasteiger partial charge in [0.2, 0.25) is 10.0 Å². The van der Waals surface area contributed by atoms with Crippen molar-refractivity contribution in [2.24, 2.45) is 0 Å². The Morgan fingerprint density at radius 1 is 1.05 bits per heavy atom. The number of hydrogen-bond acceptors (Lipinski definition) is 7. The quantitative estimate of drug-likeness (QED) is 0.218. The van der Waals surface area contributed by atoms with Crippen molar-refractivity contribution in [2.45, 2.75) is 62.1 Å². The van der Waals surface area contributed by atoms with Crippen LogP contribution in [0.15, 0.2) is 71.6 Å². The first-order valence-electron chi connectivity index (χ1n) is 13.3. The molecule has 232 valence electrons. The minimum atomic E-state index is -5.93. The molecule has 3 aromatic carbocycles. The topological polar surface area (TPSA) is 127 Å². The fraction of sp³-hybridized carbons (Fsp3) is 0.345. The van der Waals surface area contributed by atoms with Crippen molar-refractivity contribution in [1.29, 1.82) is 0 Å². The van der Waals surface area contributed by atoms with Crippen molar-refractivity contribution >= 4 is 26.1 Å². The predicted molar refractivity (Wildman–Crippen MR) is 151 cm³/mol. The number of aliphatic carboxylic acids is 1. The zero-order chi connectivity index (χ0) is 31.6. The van der Waals surface area contributed by atoms with E-state index in [9.17, 15) is 39.9 Å². The van der Waals surface area contributed by atoms with E-state index >= 15 is 0 Å². The Bertz CT molecular complexity index is 1690. The van der Waals surface area contributed by atoms with E-state index in [2.05, 4.69) is 4.18 Å². The van der Waals surface area contributed by atoms with E-state index in [0.717, 1.165) is 17.7 Å². The number of rotatable bonds is 11. The van der Waals surface area contributed by atoms with E-state index in [1.54, 1.807) is 13.8 Å². The van der Waals surface area contributed by atoms with Gasteiger partial charge in [-0.25, -0.2) is 13.2 Å². The Kier molecular flexibility index (Phi) is 9.42. The number of sulfonamides is 1. The summed E-state index contributed by atoms with van der Waals surface area (Å²) in [6, 6.07) is 17.2. The normalized spacial score (nSPS) is 16.7. The van der Waals surface area contributed by atoms with Gasteiger partial charge in [-0.1, -0.05) is 43.3 Å². The van der Waals surface area contributed by atoms with Crippen LogP contribution in [0, 0.1) is 6.92 Å². The largest absolute Gasteiger partial charge is 0.534 e. The van der Waals surface area contributed by atoms with E-state index in [4.69, 9.17) is 4.74 Å². The lowest BCUT2D eigenvalue weighted by Crippen LogP contribution is -2.38. The van der Waals surface area contributed by atoms with Crippen molar-refractivity contribution in [2.75, 3.05) is 6.54 Å². The molecule has 2 atom stereocenters. The van der Waals surface area contributed by atoms with Crippen molar-refractivity contribution in [1.82, 2.24) is 4.31 Å². The molecule has 9 nitrogen and oxygen atoms in total. The van der Waals surface area contributed by atoms with Crippen LogP contribution in [0.4, 0.5) is 13.2 Å². The molecular weight excluding hydrogens is 611 g/mol. The van der Waals surface area contributed by atoms with E-state index in [0.29, 0.717) is 29.5 Å². The van der Waals surface area contributed by atoms with Crippen molar-refractivity contribution in [3.05, 3.63) is 89.0 Å². The van der Waals surface area contributed by atoms with Crippen LogP contribution in [-0.2, 0) is 37.9 Å². The smallest absolute Gasteiger partial charge is 0.479 e. The molecule has 3 aromatic rings. The average Bonchev–Trinajstić information content (AvgIpc) is 2.94.